The number of benzene rings is 1. The number of nitrogen functional groups attached to an aromatic ring is 1. The summed E-state index contributed by atoms with van der Waals surface area (Å²) in [6, 6.07) is 6.35. The zero-order valence-electron chi connectivity index (χ0n) is 12.7. The van der Waals surface area contributed by atoms with Crippen LogP contribution in [-0.4, -0.2) is 16.9 Å². The first-order valence-electron chi connectivity index (χ1n) is 7.08. The van der Waals surface area contributed by atoms with Crippen LogP contribution < -0.4 is 10.5 Å². The number of rotatable bonds is 5. The SMILES string of the molecule is CCC(CC)c1ccc(OC)c(-c2cnn(C)c2N)c1. The second-order valence-electron chi connectivity index (χ2n) is 5.04. The van der Waals surface area contributed by atoms with Gasteiger partial charge < -0.3 is 10.5 Å². The molecule has 2 aromatic rings. The molecular weight excluding hydrogens is 250 g/mol. The number of ether oxygens (including phenoxy) is 1. The van der Waals surface area contributed by atoms with Gasteiger partial charge >= 0.3 is 0 Å². The average Bonchev–Trinajstić information content (AvgIpc) is 2.80. The molecule has 0 aliphatic rings. The summed E-state index contributed by atoms with van der Waals surface area (Å²) in [6.45, 7) is 4.44. The van der Waals surface area contributed by atoms with Crippen molar-refractivity contribution in [1.29, 1.82) is 0 Å². The van der Waals surface area contributed by atoms with E-state index in [9.17, 15) is 0 Å². The number of aromatic nitrogens is 2. The lowest BCUT2D eigenvalue weighted by Gasteiger charge is -2.16. The van der Waals surface area contributed by atoms with Crippen molar-refractivity contribution >= 4 is 5.82 Å². The minimum Gasteiger partial charge on any atom is -0.496 e. The molecule has 0 bridgehead atoms. The largest absolute Gasteiger partial charge is 0.496 e. The van der Waals surface area contributed by atoms with Gasteiger partial charge in [0.15, 0.2) is 0 Å². The summed E-state index contributed by atoms with van der Waals surface area (Å²) in [6.07, 6.45) is 4.06. The molecule has 0 fully saturated rings. The number of hydrogen-bond donors (Lipinski definition) is 1. The zero-order valence-corrected chi connectivity index (χ0v) is 12.7. The van der Waals surface area contributed by atoms with Crippen LogP contribution in [0.25, 0.3) is 11.1 Å². The van der Waals surface area contributed by atoms with E-state index < -0.39 is 0 Å². The second kappa shape index (κ2) is 5.99. The molecule has 20 heavy (non-hydrogen) atoms. The maximum Gasteiger partial charge on any atom is 0.129 e. The summed E-state index contributed by atoms with van der Waals surface area (Å²) in [5.41, 5.74) is 9.37. The zero-order chi connectivity index (χ0) is 14.7. The van der Waals surface area contributed by atoms with E-state index in [4.69, 9.17) is 10.5 Å². The Morgan fingerprint density at radius 2 is 1.95 bits per heavy atom. The van der Waals surface area contributed by atoms with Gasteiger partial charge in [-0.15, -0.1) is 0 Å². The monoisotopic (exact) mass is 273 g/mol. The highest BCUT2D eigenvalue weighted by Crippen LogP contribution is 2.36. The third-order valence-corrected chi connectivity index (χ3v) is 3.96. The number of methoxy groups -OCH3 is 1. The molecule has 0 atom stereocenters. The summed E-state index contributed by atoms with van der Waals surface area (Å²) < 4.78 is 7.15. The predicted octanol–water partition coefficient (Wildman–Crippen LogP) is 3.58. The summed E-state index contributed by atoms with van der Waals surface area (Å²) in [5, 5.41) is 4.22. The Kier molecular flexibility index (Phi) is 4.32. The van der Waals surface area contributed by atoms with Crippen LogP contribution in [0.4, 0.5) is 5.82 Å². The summed E-state index contributed by atoms with van der Waals surface area (Å²) >= 11 is 0. The van der Waals surface area contributed by atoms with E-state index in [0.29, 0.717) is 11.7 Å². The van der Waals surface area contributed by atoms with E-state index in [1.54, 1.807) is 18.0 Å². The molecule has 1 aromatic heterocycles. The Morgan fingerprint density at radius 3 is 2.45 bits per heavy atom. The first-order chi connectivity index (χ1) is 9.62. The molecule has 0 radical (unpaired) electrons. The van der Waals surface area contributed by atoms with Crippen LogP contribution in [0.3, 0.4) is 0 Å². The van der Waals surface area contributed by atoms with Gasteiger partial charge in [0.05, 0.1) is 13.3 Å². The van der Waals surface area contributed by atoms with E-state index in [0.717, 1.165) is 29.7 Å². The van der Waals surface area contributed by atoms with Gasteiger partial charge in [0, 0.05) is 18.2 Å². The van der Waals surface area contributed by atoms with Crippen molar-refractivity contribution in [2.45, 2.75) is 32.6 Å². The highest BCUT2D eigenvalue weighted by atomic mass is 16.5. The van der Waals surface area contributed by atoms with Crippen molar-refractivity contribution in [3.63, 3.8) is 0 Å². The van der Waals surface area contributed by atoms with Crippen molar-refractivity contribution < 1.29 is 4.74 Å². The molecule has 0 saturated carbocycles. The first kappa shape index (κ1) is 14.4. The highest BCUT2D eigenvalue weighted by Gasteiger charge is 2.15. The van der Waals surface area contributed by atoms with Gasteiger partial charge in [-0.25, -0.2) is 0 Å². The van der Waals surface area contributed by atoms with Crippen molar-refractivity contribution in [3.8, 4) is 16.9 Å². The highest BCUT2D eigenvalue weighted by molar-refractivity contribution is 5.78. The number of nitrogens with two attached hydrogens (primary N) is 1. The van der Waals surface area contributed by atoms with E-state index in [1.807, 2.05) is 13.1 Å². The third-order valence-electron chi connectivity index (χ3n) is 3.96. The molecule has 0 unspecified atom stereocenters. The van der Waals surface area contributed by atoms with Gasteiger partial charge in [-0.2, -0.15) is 5.10 Å². The second-order valence-corrected chi connectivity index (χ2v) is 5.04. The van der Waals surface area contributed by atoms with E-state index in [2.05, 4.69) is 31.1 Å². The molecule has 2 rings (SSSR count). The lowest BCUT2D eigenvalue weighted by Crippen LogP contribution is -2.00. The summed E-state index contributed by atoms with van der Waals surface area (Å²) in [7, 11) is 3.53. The fourth-order valence-corrected chi connectivity index (χ4v) is 2.60. The van der Waals surface area contributed by atoms with Crippen LogP contribution in [0.1, 0.15) is 38.2 Å². The van der Waals surface area contributed by atoms with Crippen LogP contribution in [0.5, 0.6) is 5.75 Å². The molecule has 1 aromatic carbocycles. The molecule has 0 aliphatic heterocycles. The minimum atomic E-state index is 0.567. The predicted molar refractivity (Wildman–Crippen MR) is 82.9 cm³/mol. The Labute approximate surface area is 120 Å². The number of anilines is 1. The minimum absolute atomic E-state index is 0.567. The van der Waals surface area contributed by atoms with Gasteiger partial charge in [0.1, 0.15) is 11.6 Å². The van der Waals surface area contributed by atoms with Gasteiger partial charge in [-0.3, -0.25) is 4.68 Å². The van der Waals surface area contributed by atoms with Crippen LogP contribution in [-0.2, 0) is 7.05 Å². The van der Waals surface area contributed by atoms with Gasteiger partial charge in [-0.1, -0.05) is 19.9 Å². The average molecular weight is 273 g/mol. The molecule has 2 N–H and O–H groups in total. The molecule has 4 heteroatoms. The fraction of sp³-hybridized carbons (Fsp3) is 0.438. The topological polar surface area (TPSA) is 53.1 Å². The smallest absolute Gasteiger partial charge is 0.129 e. The first-order valence-corrected chi connectivity index (χ1v) is 7.08. The molecule has 108 valence electrons. The quantitative estimate of drug-likeness (QED) is 0.906. The standard InChI is InChI=1S/C16H23N3O/c1-5-11(6-2)12-7-8-15(20-4)13(9-12)14-10-18-19(3)16(14)17/h7-11H,5-6,17H2,1-4H3. The van der Waals surface area contributed by atoms with Crippen molar-refractivity contribution in [2.75, 3.05) is 12.8 Å². The van der Waals surface area contributed by atoms with Crippen LogP contribution in [0.15, 0.2) is 24.4 Å². The Bertz CT molecular complexity index is 585. The van der Waals surface area contributed by atoms with Crippen molar-refractivity contribution in [2.24, 2.45) is 7.05 Å². The Hall–Kier alpha value is -1.97. The summed E-state index contributed by atoms with van der Waals surface area (Å²) in [4.78, 5) is 0. The van der Waals surface area contributed by atoms with Gasteiger partial charge in [0.25, 0.3) is 0 Å². The molecule has 1 heterocycles. The maximum absolute atomic E-state index is 6.09. The lowest BCUT2D eigenvalue weighted by molar-refractivity contribution is 0.416. The third kappa shape index (κ3) is 2.50. The number of hydrogen-bond acceptors (Lipinski definition) is 3. The molecule has 0 amide bonds. The van der Waals surface area contributed by atoms with Crippen molar-refractivity contribution in [3.05, 3.63) is 30.0 Å². The molecular formula is C16H23N3O. The van der Waals surface area contributed by atoms with E-state index >= 15 is 0 Å². The van der Waals surface area contributed by atoms with E-state index in [-0.39, 0.29) is 0 Å². The number of aryl methyl sites for hydroxylation is 1. The van der Waals surface area contributed by atoms with Crippen LogP contribution in [0, 0.1) is 0 Å². The Morgan fingerprint density at radius 1 is 1.25 bits per heavy atom. The fourth-order valence-electron chi connectivity index (χ4n) is 2.60. The molecule has 4 nitrogen and oxygen atoms in total. The van der Waals surface area contributed by atoms with Crippen LogP contribution in [0.2, 0.25) is 0 Å². The molecule has 0 spiro atoms. The number of nitrogens with zero attached hydrogens (tertiary/aromatic N) is 2. The van der Waals surface area contributed by atoms with Crippen LogP contribution >= 0.6 is 0 Å². The Balaban J connectivity index is 2.55. The molecule has 0 saturated heterocycles. The molecule has 0 aliphatic carbocycles. The lowest BCUT2D eigenvalue weighted by atomic mass is 9.91. The normalized spacial score (nSPS) is 11.1. The maximum atomic E-state index is 6.09. The van der Waals surface area contributed by atoms with E-state index in [1.165, 1.54) is 5.56 Å². The van der Waals surface area contributed by atoms with Gasteiger partial charge in [-0.05, 0) is 36.5 Å². The summed E-state index contributed by atoms with van der Waals surface area (Å²) in [5.74, 6) is 2.06. The van der Waals surface area contributed by atoms with Crippen molar-refractivity contribution in [1.82, 2.24) is 9.78 Å². The van der Waals surface area contributed by atoms with Gasteiger partial charge in [0.2, 0.25) is 0 Å².